The molecule has 0 bridgehead atoms. The maximum Gasteiger partial charge on any atom is 0.162 e. The first-order valence-electron chi connectivity index (χ1n) is 7.94. The minimum absolute atomic E-state index is 0.360. The molecular formula is C16H26N2O2. The number of aryl methyl sites for hydroxylation is 1. The van der Waals surface area contributed by atoms with Crippen molar-refractivity contribution in [1.29, 1.82) is 0 Å². The smallest absolute Gasteiger partial charge is 0.162 e. The number of fused-ring (bicyclic) bond motifs is 1. The second-order valence-electron chi connectivity index (χ2n) is 6.54. The van der Waals surface area contributed by atoms with E-state index in [0.717, 1.165) is 24.0 Å². The number of methoxy groups -OCH3 is 1. The summed E-state index contributed by atoms with van der Waals surface area (Å²) in [6, 6.07) is 0. The highest BCUT2D eigenvalue weighted by molar-refractivity contribution is 5.27. The summed E-state index contributed by atoms with van der Waals surface area (Å²) in [7, 11) is 3.53. The summed E-state index contributed by atoms with van der Waals surface area (Å²) in [5.74, 6) is 2.82. The fraction of sp³-hybridized carbons (Fsp3) is 0.812. The number of aromatic nitrogens is 2. The Balaban J connectivity index is 1.74. The molecule has 2 aliphatic carbocycles. The topological polar surface area (TPSA) is 47.3 Å². The van der Waals surface area contributed by atoms with E-state index in [1.54, 1.807) is 18.0 Å². The third kappa shape index (κ3) is 2.46. The second-order valence-corrected chi connectivity index (χ2v) is 6.54. The SMILES string of the molecule is COc1cnn(C)c1C(O)C1CCC2CCCCC2C1. The van der Waals surface area contributed by atoms with Crippen LogP contribution in [0.15, 0.2) is 6.20 Å². The lowest BCUT2D eigenvalue weighted by Gasteiger charge is -2.40. The van der Waals surface area contributed by atoms with Gasteiger partial charge in [0.05, 0.1) is 13.3 Å². The highest BCUT2D eigenvalue weighted by Crippen LogP contribution is 2.46. The minimum atomic E-state index is -0.444. The highest BCUT2D eigenvalue weighted by atomic mass is 16.5. The number of aliphatic hydroxyl groups is 1. The Morgan fingerprint density at radius 3 is 2.75 bits per heavy atom. The largest absolute Gasteiger partial charge is 0.493 e. The predicted molar refractivity (Wildman–Crippen MR) is 77.5 cm³/mol. The zero-order valence-electron chi connectivity index (χ0n) is 12.6. The van der Waals surface area contributed by atoms with Crippen molar-refractivity contribution in [3.8, 4) is 5.75 Å². The van der Waals surface area contributed by atoms with Gasteiger partial charge in [0.15, 0.2) is 5.75 Å². The van der Waals surface area contributed by atoms with Crippen LogP contribution in [0.2, 0.25) is 0 Å². The van der Waals surface area contributed by atoms with Crippen molar-refractivity contribution in [2.45, 2.75) is 51.0 Å². The van der Waals surface area contributed by atoms with Crippen LogP contribution >= 0.6 is 0 Å². The molecule has 0 aromatic carbocycles. The molecular weight excluding hydrogens is 252 g/mol. The minimum Gasteiger partial charge on any atom is -0.493 e. The first-order chi connectivity index (χ1) is 9.70. The van der Waals surface area contributed by atoms with E-state index < -0.39 is 6.10 Å². The first-order valence-corrected chi connectivity index (χ1v) is 7.94. The van der Waals surface area contributed by atoms with Crippen molar-refractivity contribution < 1.29 is 9.84 Å². The molecule has 112 valence electrons. The molecule has 20 heavy (non-hydrogen) atoms. The van der Waals surface area contributed by atoms with E-state index in [0.29, 0.717) is 11.7 Å². The number of hydrogen-bond donors (Lipinski definition) is 1. The van der Waals surface area contributed by atoms with Gasteiger partial charge in [-0.25, -0.2) is 0 Å². The Bertz CT molecular complexity index is 457. The molecule has 1 N–H and O–H groups in total. The molecule has 0 saturated heterocycles. The lowest BCUT2D eigenvalue weighted by atomic mass is 9.66. The van der Waals surface area contributed by atoms with E-state index in [1.807, 2.05) is 7.05 Å². The molecule has 3 rings (SSSR count). The fourth-order valence-electron chi connectivity index (χ4n) is 4.34. The molecule has 2 saturated carbocycles. The summed E-state index contributed by atoms with van der Waals surface area (Å²) >= 11 is 0. The van der Waals surface area contributed by atoms with Gasteiger partial charge in [0.25, 0.3) is 0 Å². The van der Waals surface area contributed by atoms with E-state index in [-0.39, 0.29) is 0 Å². The van der Waals surface area contributed by atoms with Gasteiger partial charge in [-0.2, -0.15) is 5.10 Å². The van der Waals surface area contributed by atoms with Gasteiger partial charge in [-0.3, -0.25) is 4.68 Å². The normalized spacial score (nSPS) is 31.6. The van der Waals surface area contributed by atoms with E-state index in [4.69, 9.17) is 4.74 Å². The van der Waals surface area contributed by atoms with Gasteiger partial charge in [-0.05, 0) is 37.0 Å². The lowest BCUT2D eigenvalue weighted by Crippen LogP contribution is -2.31. The van der Waals surface area contributed by atoms with Crippen molar-refractivity contribution in [2.24, 2.45) is 24.8 Å². The van der Waals surface area contributed by atoms with E-state index in [2.05, 4.69) is 5.10 Å². The third-order valence-corrected chi connectivity index (χ3v) is 5.48. The van der Waals surface area contributed by atoms with Crippen LogP contribution in [-0.4, -0.2) is 22.0 Å². The Hall–Kier alpha value is -1.03. The molecule has 4 heteroatoms. The number of hydrogen-bond acceptors (Lipinski definition) is 3. The predicted octanol–water partition coefficient (Wildman–Crippen LogP) is 3.07. The van der Waals surface area contributed by atoms with Gasteiger partial charge in [-0.15, -0.1) is 0 Å². The molecule has 4 unspecified atom stereocenters. The monoisotopic (exact) mass is 278 g/mol. The van der Waals surface area contributed by atoms with Gasteiger partial charge in [0, 0.05) is 7.05 Å². The van der Waals surface area contributed by atoms with E-state index in [1.165, 1.54) is 38.5 Å². The van der Waals surface area contributed by atoms with Crippen molar-refractivity contribution in [1.82, 2.24) is 9.78 Å². The summed E-state index contributed by atoms with van der Waals surface area (Å²) in [5.41, 5.74) is 0.840. The van der Waals surface area contributed by atoms with Crippen molar-refractivity contribution in [3.05, 3.63) is 11.9 Å². The van der Waals surface area contributed by atoms with Crippen LogP contribution in [0.5, 0.6) is 5.75 Å². The van der Waals surface area contributed by atoms with Crippen molar-refractivity contribution >= 4 is 0 Å². The number of rotatable bonds is 3. The van der Waals surface area contributed by atoms with E-state index >= 15 is 0 Å². The zero-order valence-corrected chi connectivity index (χ0v) is 12.6. The quantitative estimate of drug-likeness (QED) is 0.924. The Labute approximate surface area is 121 Å². The van der Waals surface area contributed by atoms with E-state index in [9.17, 15) is 5.11 Å². The first kappa shape index (κ1) is 13.9. The summed E-state index contributed by atoms with van der Waals surface area (Å²) in [6.45, 7) is 0. The van der Waals surface area contributed by atoms with Crippen LogP contribution in [0, 0.1) is 17.8 Å². The average molecular weight is 278 g/mol. The van der Waals surface area contributed by atoms with Crippen LogP contribution in [-0.2, 0) is 7.05 Å². The third-order valence-electron chi connectivity index (χ3n) is 5.48. The van der Waals surface area contributed by atoms with Crippen LogP contribution in [0.4, 0.5) is 0 Å². The van der Waals surface area contributed by atoms with Gasteiger partial charge >= 0.3 is 0 Å². The fourth-order valence-corrected chi connectivity index (χ4v) is 4.34. The average Bonchev–Trinajstić information content (AvgIpc) is 2.87. The standard InChI is InChI=1S/C16H26N2O2/c1-18-15(14(20-2)10-17-18)16(19)13-8-7-11-5-3-4-6-12(11)9-13/h10-13,16,19H,3-9H2,1-2H3. The molecule has 0 spiro atoms. The maximum atomic E-state index is 10.8. The highest BCUT2D eigenvalue weighted by Gasteiger charge is 2.37. The lowest BCUT2D eigenvalue weighted by molar-refractivity contribution is 0.0292. The molecule has 0 amide bonds. The summed E-state index contributed by atoms with van der Waals surface area (Å²) in [4.78, 5) is 0. The summed E-state index contributed by atoms with van der Waals surface area (Å²) < 4.78 is 7.10. The molecule has 2 fully saturated rings. The second kappa shape index (κ2) is 5.76. The Kier molecular flexibility index (Phi) is 4.01. The molecule has 0 radical (unpaired) electrons. The molecule has 1 aromatic heterocycles. The Morgan fingerprint density at radius 2 is 2.00 bits per heavy atom. The van der Waals surface area contributed by atoms with Crippen molar-refractivity contribution in [2.75, 3.05) is 7.11 Å². The van der Waals surface area contributed by atoms with Gasteiger partial charge in [0.2, 0.25) is 0 Å². The molecule has 4 atom stereocenters. The zero-order chi connectivity index (χ0) is 14.1. The number of ether oxygens (including phenoxy) is 1. The van der Waals surface area contributed by atoms with Crippen LogP contribution < -0.4 is 4.74 Å². The summed E-state index contributed by atoms with van der Waals surface area (Å²) in [5, 5.41) is 15.0. The van der Waals surface area contributed by atoms with Gasteiger partial charge in [0.1, 0.15) is 11.8 Å². The van der Waals surface area contributed by atoms with Crippen molar-refractivity contribution in [3.63, 3.8) is 0 Å². The summed E-state index contributed by atoms with van der Waals surface area (Å²) in [6.07, 6.45) is 10.4. The molecule has 1 aromatic rings. The number of nitrogens with zero attached hydrogens (tertiary/aromatic N) is 2. The van der Waals surface area contributed by atoms with Crippen LogP contribution in [0.25, 0.3) is 0 Å². The van der Waals surface area contributed by atoms with Crippen LogP contribution in [0.1, 0.15) is 56.7 Å². The van der Waals surface area contributed by atoms with Gasteiger partial charge < -0.3 is 9.84 Å². The Morgan fingerprint density at radius 1 is 1.25 bits per heavy atom. The molecule has 2 aliphatic rings. The molecule has 1 heterocycles. The molecule has 4 nitrogen and oxygen atoms in total. The van der Waals surface area contributed by atoms with Gasteiger partial charge in [-0.1, -0.05) is 25.7 Å². The number of aliphatic hydroxyl groups excluding tert-OH is 1. The van der Waals surface area contributed by atoms with Crippen LogP contribution in [0.3, 0.4) is 0 Å². The maximum absolute atomic E-state index is 10.8. The molecule has 0 aliphatic heterocycles.